The first-order chi connectivity index (χ1) is 12.2. The molecule has 0 aromatic carbocycles. The van der Waals surface area contributed by atoms with Crippen LogP contribution in [0.1, 0.15) is 50.5 Å². The van der Waals surface area contributed by atoms with Gasteiger partial charge in [0.1, 0.15) is 5.00 Å². The number of thiophene rings is 1. The summed E-state index contributed by atoms with van der Waals surface area (Å²) < 4.78 is 1.62. The second-order valence-corrected chi connectivity index (χ2v) is 5.39. The van der Waals surface area contributed by atoms with Gasteiger partial charge in [0, 0.05) is 12.4 Å². The number of aryl methyl sites for hydroxylation is 1. The molecule has 5 heteroatoms. The van der Waals surface area contributed by atoms with E-state index in [1.165, 1.54) is 11.3 Å². The minimum Gasteiger partial charge on any atom is -0.268 e. The van der Waals surface area contributed by atoms with Gasteiger partial charge in [-0.1, -0.05) is 45.1 Å². The Bertz CT molecular complexity index is 657. The summed E-state index contributed by atoms with van der Waals surface area (Å²) in [4.78, 5) is 16.0. The van der Waals surface area contributed by atoms with E-state index in [0.29, 0.717) is 10.6 Å². The number of amides is 1. The number of carbonyl (C=O) groups excluding carboxylic acids is 1. The lowest BCUT2D eigenvalue weighted by atomic mass is 10.1. The van der Waals surface area contributed by atoms with Crippen LogP contribution < -0.4 is 5.43 Å². The maximum Gasteiger partial charge on any atom is 0.273 e. The summed E-state index contributed by atoms with van der Waals surface area (Å²) >= 11 is 1.44. The summed E-state index contributed by atoms with van der Waals surface area (Å²) in [5.74, 6) is -0.151. The second kappa shape index (κ2) is 14.0. The third-order valence-electron chi connectivity index (χ3n) is 2.93. The standard InChI is InChI=1S/C12H13N3OS.C6H10.C2H6/c1-3-9-8-17-12(13-2)10(9)11(16)14-15-6-4-5-7-15;1-3-5-6-4-2;1-2/h4-8H,2-3H2,1H3,(H,14,16);3-6H,1-2H3;1-2H3/b;5-3-,6-4-;. The number of allylic oxidation sites excluding steroid dienone is 4. The highest BCUT2D eigenvalue weighted by Gasteiger charge is 2.17. The number of aromatic nitrogens is 1. The summed E-state index contributed by atoms with van der Waals surface area (Å²) in [6, 6.07) is 3.70. The van der Waals surface area contributed by atoms with Gasteiger partial charge in [0.25, 0.3) is 5.91 Å². The zero-order valence-corrected chi connectivity index (χ0v) is 16.6. The maximum absolute atomic E-state index is 12.1. The van der Waals surface area contributed by atoms with Gasteiger partial charge in [-0.2, -0.15) is 0 Å². The number of hydrogen-bond donors (Lipinski definition) is 1. The molecule has 136 valence electrons. The smallest absolute Gasteiger partial charge is 0.268 e. The van der Waals surface area contributed by atoms with Crippen LogP contribution in [0.3, 0.4) is 0 Å². The van der Waals surface area contributed by atoms with Crippen molar-refractivity contribution in [1.82, 2.24) is 4.68 Å². The van der Waals surface area contributed by atoms with E-state index in [1.54, 1.807) is 17.1 Å². The number of rotatable bonds is 5. The molecule has 4 nitrogen and oxygen atoms in total. The van der Waals surface area contributed by atoms with Crippen LogP contribution in [0, 0.1) is 0 Å². The minimum atomic E-state index is -0.151. The summed E-state index contributed by atoms with van der Waals surface area (Å²) in [6.45, 7) is 13.5. The maximum atomic E-state index is 12.1. The van der Waals surface area contributed by atoms with Gasteiger partial charge >= 0.3 is 0 Å². The molecule has 0 aliphatic carbocycles. The predicted molar refractivity (Wildman–Crippen MR) is 112 cm³/mol. The van der Waals surface area contributed by atoms with Crippen LogP contribution in [0.4, 0.5) is 5.00 Å². The number of nitrogens with zero attached hydrogens (tertiary/aromatic N) is 2. The van der Waals surface area contributed by atoms with Gasteiger partial charge in [0.05, 0.1) is 5.56 Å². The third-order valence-corrected chi connectivity index (χ3v) is 3.89. The van der Waals surface area contributed by atoms with Crippen LogP contribution in [0.15, 0.2) is 59.2 Å². The number of hydrogen-bond acceptors (Lipinski definition) is 3. The molecule has 0 saturated carbocycles. The van der Waals surface area contributed by atoms with Crippen molar-refractivity contribution in [2.45, 2.75) is 41.0 Å². The van der Waals surface area contributed by atoms with E-state index in [4.69, 9.17) is 0 Å². The van der Waals surface area contributed by atoms with Crippen LogP contribution in [0.25, 0.3) is 0 Å². The highest BCUT2D eigenvalue weighted by atomic mass is 32.1. The molecule has 1 N–H and O–H groups in total. The number of nitrogens with one attached hydrogen (secondary N) is 1. The first-order valence-corrected chi connectivity index (χ1v) is 9.31. The quantitative estimate of drug-likeness (QED) is 0.517. The monoisotopic (exact) mass is 359 g/mol. The first-order valence-electron chi connectivity index (χ1n) is 8.43. The molecule has 0 saturated heterocycles. The van der Waals surface area contributed by atoms with Crippen molar-refractivity contribution in [3.63, 3.8) is 0 Å². The molecule has 0 bridgehead atoms. The van der Waals surface area contributed by atoms with E-state index in [-0.39, 0.29) is 5.91 Å². The molecule has 2 rings (SSSR count). The molecule has 2 aromatic rings. The van der Waals surface area contributed by atoms with Gasteiger partial charge in [-0.25, -0.2) is 0 Å². The first kappa shape index (κ1) is 22.6. The molecule has 2 heterocycles. The van der Waals surface area contributed by atoms with Crippen molar-refractivity contribution < 1.29 is 4.79 Å². The molecule has 0 aliphatic heterocycles. The SMILES string of the molecule is C/C=C\C=C/C.C=Nc1scc(CC)c1C(=O)Nn1cccc1.CC. The van der Waals surface area contributed by atoms with Gasteiger partial charge in [0.15, 0.2) is 0 Å². The fourth-order valence-electron chi connectivity index (χ4n) is 1.81. The largest absolute Gasteiger partial charge is 0.273 e. The zero-order valence-electron chi connectivity index (χ0n) is 15.8. The van der Waals surface area contributed by atoms with Crippen LogP contribution in [-0.4, -0.2) is 17.3 Å². The van der Waals surface area contributed by atoms with E-state index >= 15 is 0 Å². The molecule has 2 aromatic heterocycles. The molecule has 0 aliphatic rings. The van der Waals surface area contributed by atoms with Crippen molar-refractivity contribution in [1.29, 1.82) is 0 Å². The van der Waals surface area contributed by atoms with Crippen molar-refractivity contribution in [3.8, 4) is 0 Å². The lowest BCUT2D eigenvalue weighted by Gasteiger charge is -2.07. The third kappa shape index (κ3) is 7.81. The molecule has 1 amide bonds. The van der Waals surface area contributed by atoms with Crippen LogP contribution in [0.5, 0.6) is 0 Å². The van der Waals surface area contributed by atoms with Crippen LogP contribution in [0.2, 0.25) is 0 Å². The van der Waals surface area contributed by atoms with E-state index in [9.17, 15) is 4.79 Å². The minimum absolute atomic E-state index is 0.151. The highest BCUT2D eigenvalue weighted by molar-refractivity contribution is 7.14. The van der Waals surface area contributed by atoms with Crippen LogP contribution >= 0.6 is 11.3 Å². The Morgan fingerprint density at radius 1 is 1.24 bits per heavy atom. The van der Waals surface area contributed by atoms with Crippen LogP contribution in [-0.2, 0) is 6.42 Å². The van der Waals surface area contributed by atoms with Gasteiger partial charge in [-0.15, -0.1) is 11.3 Å². The Hall–Kier alpha value is -2.40. The fourth-order valence-corrected chi connectivity index (χ4v) is 2.76. The summed E-state index contributed by atoms with van der Waals surface area (Å²) in [7, 11) is 0. The summed E-state index contributed by atoms with van der Waals surface area (Å²) in [5.41, 5.74) is 4.40. The average Bonchev–Trinajstić information content (AvgIpc) is 3.30. The molecular formula is C20H29N3OS. The van der Waals surface area contributed by atoms with Gasteiger partial charge < -0.3 is 0 Å². The summed E-state index contributed by atoms with van der Waals surface area (Å²) in [5, 5.41) is 2.63. The van der Waals surface area contributed by atoms with E-state index in [0.717, 1.165) is 12.0 Å². The summed E-state index contributed by atoms with van der Waals surface area (Å²) in [6.07, 6.45) is 12.4. The Morgan fingerprint density at radius 2 is 1.80 bits per heavy atom. The molecule has 0 atom stereocenters. The second-order valence-electron chi connectivity index (χ2n) is 4.54. The molecule has 25 heavy (non-hydrogen) atoms. The molecule has 0 fully saturated rings. The number of aliphatic imine (C=N–C) groups is 1. The van der Waals surface area contributed by atoms with E-state index in [2.05, 4.69) is 17.1 Å². The zero-order chi connectivity index (χ0) is 19.1. The topological polar surface area (TPSA) is 46.4 Å². The Labute approximate surface area is 155 Å². The average molecular weight is 360 g/mol. The Morgan fingerprint density at radius 3 is 2.24 bits per heavy atom. The molecule has 0 spiro atoms. The van der Waals surface area contributed by atoms with E-state index < -0.39 is 0 Å². The molecule has 0 unspecified atom stereocenters. The van der Waals surface area contributed by atoms with Crippen molar-refractivity contribution in [3.05, 3.63) is 65.3 Å². The lowest BCUT2D eigenvalue weighted by Crippen LogP contribution is -2.21. The highest BCUT2D eigenvalue weighted by Crippen LogP contribution is 2.30. The van der Waals surface area contributed by atoms with Crippen molar-refractivity contribution >= 4 is 29.0 Å². The van der Waals surface area contributed by atoms with Gasteiger partial charge in [-0.05, 0) is 50.1 Å². The van der Waals surface area contributed by atoms with E-state index in [1.807, 2.05) is 76.4 Å². The number of carbonyl (C=O) groups is 1. The fraction of sp³-hybridized carbons (Fsp3) is 0.300. The molecule has 0 radical (unpaired) electrons. The molecular weight excluding hydrogens is 330 g/mol. The van der Waals surface area contributed by atoms with Gasteiger partial charge in [-0.3, -0.25) is 19.9 Å². The van der Waals surface area contributed by atoms with Crippen molar-refractivity contribution in [2.75, 3.05) is 5.43 Å². The Kier molecular flexibility index (Phi) is 12.6. The van der Waals surface area contributed by atoms with Crippen molar-refractivity contribution in [2.24, 2.45) is 4.99 Å². The Balaban J connectivity index is 0.000000614. The lowest BCUT2D eigenvalue weighted by molar-refractivity contribution is 0.101. The predicted octanol–water partition coefficient (Wildman–Crippen LogP) is 5.99. The van der Waals surface area contributed by atoms with Gasteiger partial charge in [0.2, 0.25) is 0 Å². The normalized spacial score (nSPS) is 9.96.